The summed E-state index contributed by atoms with van der Waals surface area (Å²) in [7, 11) is -2.56. The van der Waals surface area contributed by atoms with Crippen molar-refractivity contribution in [2.24, 2.45) is 7.05 Å². The second-order valence-electron chi connectivity index (χ2n) is 13.2. The van der Waals surface area contributed by atoms with Crippen LogP contribution in [0.15, 0.2) is 21.8 Å². The normalized spacial score (nSPS) is 19.8. The number of benzene rings is 1. The molecular weight excluding hydrogens is 564 g/mol. The summed E-state index contributed by atoms with van der Waals surface area (Å²) in [4.78, 5) is 23.2. The van der Waals surface area contributed by atoms with Gasteiger partial charge in [-0.05, 0) is 78.6 Å². The average molecular weight is 617 g/mol. The van der Waals surface area contributed by atoms with Crippen molar-refractivity contribution >= 4 is 21.1 Å². The quantitative estimate of drug-likeness (QED) is 0.316. The molecule has 1 aliphatic rings. The van der Waals surface area contributed by atoms with E-state index >= 15 is 0 Å². The summed E-state index contributed by atoms with van der Waals surface area (Å²) in [6, 6.07) is -0.571. The number of hydrogen-bond donors (Lipinski definition) is 1. The molecule has 1 aliphatic heterocycles. The van der Waals surface area contributed by atoms with Crippen molar-refractivity contribution in [3.63, 3.8) is 0 Å². The molecule has 3 heterocycles. The lowest BCUT2D eigenvalue weighted by Gasteiger charge is -2.50. The maximum atomic E-state index is 14.5. The van der Waals surface area contributed by atoms with E-state index in [1.54, 1.807) is 14.0 Å². The largest absolute Gasteiger partial charge is 0.487 e. The lowest BCUT2D eigenvalue weighted by molar-refractivity contribution is 0.0165. The first kappa shape index (κ1) is 30.3. The molecule has 3 aromatic rings. The number of likely N-dealkylation sites (N-methyl/N-ethyl adjacent to an activating group) is 1. The highest BCUT2D eigenvalue weighted by atomic mass is 32.2. The van der Waals surface area contributed by atoms with Crippen LogP contribution in [0.5, 0.6) is 5.75 Å². The Labute approximate surface area is 259 Å². The van der Waals surface area contributed by atoms with Gasteiger partial charge in [-0.15, -0.1) is 0 Å². The van der Waals surface area contributed by atoms with Crippen LogP contribution in [0.2, 0.25) is 0 Å². The minimum absolute atomic E-state index is 0.0129. The van der Waals surface area contributed by atoms with Gasteiger partial charge in [0.25, 0.3) is 5.56 Å². The van der Waals surface area contributed by atoms with Crippen LogP contribution in [0.25, 0.3) is 22.4 Å². The Kier molecular flexibility index (Phi) is 8.43. The number of aryl methyl sites for hydroxylation is 1. The third kappa shape index (κ3) is 6.26. The molecular formula is C32H50N6O4S. The molecule has 238 valence electrons. The average Bonchev–Trinajstić information content (AvgIpc) is 3.27. The van der Waals surface area contributed by atoms with E-state index in [0.29, 0.717) is 17.6 Å². The van der Waals surface area contributed by atoms with E-state index in [0.717, 1.165) is 19.4 Å². The van der Waals surface area contributed by atoms with Gasteiger partial charge < -0.3 is 9.72 Å². The topological polar surface area (TPSA) is 113 Å². The molecule has 1 N–H and O–H groups in total. The zero-order chi connectivity index (χ0) is 33.8. The fourth-order valence-corrected chi connectivity index (χ4v) is 8.08. The lowest BCUT2D eigenvalue weighted by Crippen LogP contribution is -2.63. The third-order valence-electron chi connectivity index (χ3n) is 8.76. The van der Waals surface area contributed by atoms with E-state index in [1.807, 2.05) is 48.5 Å². The fraction of sp³-hybridized carbons (Fsp3) is 0.656. The molecule has 0 bridgehead atoms. The van der Waals surface area contributed by atoms with Crippen LogP contribution in [-0.4, -0.2) is 74.2 Å². The number of aromatic amines is 1. The molecule has 0 aliphatic carbocycles. The standard InChI is InChI=1S/C32H50N6O4S/c1-12-15-20(4)26-27-28(36(11)35-26)30(39)34-29(33-27)23-17-25(21(5)16-24(23)42-32(9,10)13-2)43(40,41)37-18-22(6)38(14-3)31(7,8)19-37/h16-17,20,22H,12-15,18-19H2,1-11H3,(H,33,34,39)/i16D,17D. The molecule has 2 unspecified atom stereocenters. The number of nitrogens with one attached hydrogen (secondary N) is 1. The molecule has 0 saturated carbocycles. The number of H-pyrrole nitrogens is 1. The Morgan fingerprint density at radius 3 is 2.51 bits per heavy atom. The molecule has 1 aromatic carbocycles. The van der Waals surface area contributed by atoms with Gasteiger partial charge in [-0.2, -0.15) is 9.40 Å². The van der Waals surface area contributed by atoms with E-state index in [-0.39, 0.29) is 70.2 Å². The first-order valence-electron chi connectivity index (χ1n) is 16.4. The molecule has 11 heteroatoms. The van der Waals surface area contributed by atoms with Crippen LogP contribution in [-0.2, 0) is 17.1 Å². The molecule has 2 aromatic heterocycles. The SMILES string of the molecule is [2H]c1c(C)c(S(=O)(=O)N2CC(C)N(CC)C(C)(C)C2)c([2H])c(-c2nc3c(C(C)CCC)nn(C)c3c(=O)[nH]2)c1OC(C)(C)CC. The summed E-state index contributed by atoms with van der Waals surface area (Å²) in [6.07, 6.45) is 2.33. The molecule has 4 rings (SSSR count). The molecule has 0 radical (unpaired) electrons. The van der Waals surface area contributed by atoms with Gasteiger partial charge in [0.1, 0.15) is 22.7 Å². The number of piperazine rings is 1. The number of nitrogens with zero attached hydrogens (tertiary/aromatic N) is 5. The van der Waals surface area contributed by atoms with E-state index in [1.165, 1.54) is 8.99 Å². The van der Waals surface area contributed by atoms with E-state index in [2.05, 4.69) is 28.8 Å². The first-order chi connectivity index (χ1) is 20.8. The minimum atomic E-state index is -4.25. The summed E-state index contributed by atoms with van der Waals surface area (Å²) >= 11 is 0. The Bertz CT molecular complexity index is 1770. The Hall–Kier alpha value is -2.76. The third-order valence-corrected chi connectivity index (χ3v) is 10.6. The second kappa shape index (κ2) is 12.0. The predicted octanol–water partition coefficient (Wildman–Crippen LogP) is 5.60. The number of sulfonamides is 1. The van der Waals surface area contributed by atoms with Gasteiger partial charge in [-0.3, -0.25) is 14.4 Å². The molecule has 0 amide bonds. The number of rotatable bonds is 10. The summed E-state index contributed by atoms with van der Waals surface area (Å²) in [5, 5.41) is 4.62. The number of ether oxygens (including phenoxy) is 1. The van der Waals surface area contributed by atoms with Gasteiger partial charge in [0, 0.05) is 37.6 Å². The molecule has 10 nitrogen and oxygen atoms in total. The second-order valence-corrected chi connectivity index (χ2v) is 15.1. The summed E-state index contributed by atoms with van der Waals surface area (Å²) < 4.78 is 57.0. The van der Waals surface area contributed by atoms with Gasteiger partial charge in [0.05, 0.1) is 18.9 Å². The van der Waals surface area contributed by atoms with Crippen molar-refractivity contribution < 1.29 is 15.9 Å². The van der Waals surface area contributed by atoms with Crippen molar-refractivity contribution in [2.75, 3.05) is 19.6 Å². The van der Waals surface area contributed by atoms with Crippen LogP contribution in [0.1, 0.15) is 101 Å². The van der Waals surface area contributed by atoms with Crippen molar-refractivity contribution in [3.8, 4) is 17.1 Å². The first-order valence-corrected chi connectivity index (χ1v) is 16.8. The Balaban J connectivity index is 2.05. The zero-order valence-electron chi connectivity index (χ0n) is 29.7. The number of aromatic nitrogens is 4. The Morgan fingerprint density at radius 1 is 1.26 bits per heavy atom. The molecule has 1 saturated heterocycles. The van der Waals surface area contributed by atoms with Gasteiger partial charge >= 0.3 is 0 Å². The lowest BCUT2D eigenvalue weighted by atomic mass is 9.97. The van der Waals surface area contributed by atoms with E-state index in [4.69, 9.17) is 9.72 Å². The maximum Gasteiger partial charge on any atom is 0.277 e. The van der Waals surface area contributed by atoms with E-state index in [9.17, 15) is 16.0 Å². The summed E-state index contributed by atoms with van der Waals surface area (Å²) in [6.45, 7) is 20.7. The van der Waals surface area contributed by atoms with Crippen molar-refractivity contribution in [1.29, 1.82) is 0 Å². The number of fused-ring (bicyclic) bond motifs is 1. The highest BCUT2D eigenvalue weighted by molar-refractivity contribution is 7.89. The molecule has 0 spiro atoms. The summed E-state index contributed by atoms with van der Waals surface area (Å²) in [5.41, 5.74) is -0.239. The van der Waals surface area contributed by atoms with Gasteiger partial charge in [-0.1, -0.05) is 34.1 Å². The maximum absolute atomic E-state index is 14.5. The van der Waals surface area contributed by atoms with Crippen LogP contribution >= 0.6 is 0 Å². The van der Waals surface area contributed by atoms with E-state index < -0.39 is 26.7 Å². The predicted molar refractivity (Wildman–Crippen MR) is 172 cm³/mol. The minimum Gasteiger partial charge on any atom is -0.487 e. The van der Waals surface area contributed by atoms with Gasteiger partial charge in [-0.25, -0.2) is 13.4 Å². The number of hydrogen-bond acceptors (Lipinski definition) is 7. The van der Waals surface area contributed by atoms with Crippen molar-refractivity contribution in [1.82, 2.24) is 29.0 Å². The van der Waals surface area contributed by atoms with Crippen LogP contribution < -0.4 is 10.3 Å². The molecule has 1 fully saturated rings. The smallest absolute Gasteiger partial charge is 0.277 e. The summed E-state index contributed by atoms with van der Waals surface area (Å²) in [5.74, 6) is 0.00744. The van der Waals surface area contributed by atoms with Gasteiger partial charge in [0.15, 0.2) is 5.52 Å². The van der Waals surface area contributed by atoms with Crippen LogP contribution in [0.3, 0.4) is 0 Å². The fourth-order valence-electron chi connectivity index (χ4n) is 6.26. The highest BCUT2D eigenvalue weighted by Gasteiger charge is 2.42. The van der Waals surface area contributed by atoms with Crippen molar-refractivity contribution in [2.45, 2.75) is 116 Å². The zero-order valence-corrected chi connectivity index (χ0v) is 28.5. The molecule has 43 heavy (non-hydrogen) atoms. The van der Waals surface area contributed by atoms with Crippen molar-refractivity contribution in [3.05, 3.63) is 33.7 Å². The van der Waals surface area contributed by atoms with Crippen LogP contribution in [0, 0.1) is 6.92 Å². The Morgan fingerprint density at radius 2 is 1.93 bits per heavy atom. The molecule has 2 atom stereocenters. The monoisotopic (exact) mass is 616 g/mol. The van der Waals surface area contributed by atoms with Crippen LogP contribution in [0.4, 0.5) is 0 Å². The van der Waals surface area contributed by atoms with Gasteiger partial charge in [0.2, 0.25) is 10.0 Å². The highest BCUT2D eigenvalue weighted by Crippen LogP contribution is 2.38.